The number of nitrogens with zero attached hydrogens (tertiary/aromatic N) is 4. The molecular weight excluding hydrogens is 344 g/mol. The number of piperazine rings is 1. The summed E-state index contributed by atoms with van der Waals surface area (Å²) in [5, 5.41) is 4.14. The normalized spacial score (nSPS) is 21.1. The van der Waals surface area contributed by atoms with Crippen LogP contribution in [0.25, 0.3) is 0 Å². The molecule has 150 valence electrons. The summed E-state index contributed by atoms with van der Waals surface area (Å²) >= 11 is 0. The summed E-state index contributed by atoms with van der Waals surface area (Å²) in [6.45, 7) is 9.81. The molecular formula is C20H32N4O3. The second kappa shape index (κ2) is 7.62. The van der Waals surface area contributed by atoms with Crippen LogP contribution in [-0.2, 0) is 17.6 Å². The Hall–Kier alpha value is -1.89. The Morgan fingerprint density at radius 2 is 1.85 bits per heavy atom. The summed E-state index contributed by atoms with van der Waals surface area (Å²) in [7, 11) is 3.53. The monoisotopic (exact) mass is 376 g/mol. The molecule has 3 rings (SSSR count). The van der Waals surface area contributed by atoms with Gasteiger partial charge in [0.05, 0.1) is 6.54 Å². The SMILES string of the molecule is CN(C)C(=O)CN1CCN(C(=O)c2noc3c2CC(C(C)(C)C)CC3)CC1. The minimum atomic E-state index is -0.0341. The largest absolute Gasteiger partial charge is 0.360 e. The molecule has 0 bridgehead atoms. The number of hydrogen-bond acceptors (Lipinski definition) is 5. The van der Waals surface area contributed by atoms with E-state index in [0.29, 0.717) is 44.3 Å². The summed E-state index contributed by atoms with van der Waals surface area (Å²) in [5.41, 5.74) is 1.72. The maximum absolute atomic E-state index is 13.0. The van der Waals surface area contributed by atoms with Crippen LogP contribution in [0.4, 0.5) is 0 Å². The van der Waals surface area contributed by atoms with Gasteiger partial charge in [-0.3, -0.25) is 14.5 Å². The maximum Gasteiger partial charge on any atom is 0.276 e. The van der Waals surface area contributed by atoms with E-state index in [4.69, 9.17) is 4.52 Å². The number of amides is 2. The van der Waals surface area contributed by atoms with Crippen molar-refractivity contribution in [2.24, 2.45) is 11.3 Å². The molecule has 7 heteroatoms. The standard InChI is InChI=1S/C20H32N4O3/c1-20(2,3)14-6-7-16-15(12-14)18(21-27-16)19(26)24-10-8-23(9-11-24)13-17(25)22(4)5/h14H,6-13H2,1-5H3. The quantitative estimate of drug-likeness (QED) is 0.803. The van der Waals surface area contributed by atoms with Gasteiger partial charge in [-0.05, 0) is 24.2 Å². The minimum Gasteiger partial charge on any atom is -0.360 e. The molecule has 2 aliphatic rings. The van der Waals surface area contributed by atoms with Crippen LogP contribution in [0.2, 0.25) is 0 Å². The highest BCUT2D eigenvalue weighted by Gasteiger charge is 2.35. The Labute approximate surface area is 161 Å². The third-order valence-corrected chi connectivity index (χ3v) is 5.98. The second-order valence-corrected chi connectivity index (χ2v) is 9.10. The zero-order valence-electron chi connectivity index (χ0n) is 17.2. The molecule has 7 nitrogen and oxygen atoms in total. The second-order valence-electron chi connectivity index (χ2n) is 9.10. The topological polar surface area (TPSA) is 69.9 Å². The van der Waals surface area contributed by atoms with E-state index in [9.17, 15) is 9.59 Å². The lowest BCUT2D eigenvalue weighted by Gasteiger charge is -2.35. The van der Waals surface area contributed by atoms with Crippen molar-refractivity contribution in [3.8, 4) is 0 Å². The van der Waals surface area contributed by atoms with E-state index >= 15 is 0 Å². The summed E-state index contributed by atoms with van der Waals surface area (Å²) < 4.78 is 5.50. The van der Waals surface area contributed by atoms with E-state index in [-0.39, 0.29) is 17.2 Å². The summed E-state index contributed by atoms with van der Waals surface area (Å²) in [6.07, 6.45) is 2.80. The first-order valence-corrected chi connectivity index (χ1v) is 9.86. The molecule has 1 saturated heterocycles. The average molecular weight is 377 g/mol. The highest BCUT2D eigenvalue weighted by atomic mass is 16.5. The van der Waals surface area contributed by atoms with Gasteiger partial charge in [0.1, 0.15) is 5.76 Å². The van der Waals surface area contributed by atoms with Gasteiger partial charge in [0.25, 0.3) is 5.91 Å². The minimum absolute atomic E-state index is 0.0341. The molecule has 0 spiro atoms. The van der Waals surface area contributed by atoms with E-state index in [1.165, 1.54) is 0 Å². The Kier molecular flexibility index (Phi) is 5.60. The number of likely N-dealkylation sites (N-methyl/N-ethyl adjacent to an activating group) is 1. The first-order valence-electron chi connectivity index (χ1n) is 9.86. The molecule has 1 aromatic heterocycles. The van der Waals surface area contributed by atoms with Crippen LogP contribution in [0.15, 0.2) is 4.52 Å². The zero-order valence-corrected chi connectivity index (χ0v) is 17.2. The lowest BCUT2D eigenvalue weighted by Crippen LogP contribution is -2.51. The Balaban J connectivity index is 1.63. The summed E-state index contributed by atoms with van der Waals surface area (Å²) in [4.78, 5) is 30.4. The van der Waals surface area contributed by atoms with Crippen LogP contribution >= 0.6 is 0 Å². The number of hydrogen-bond donors (Lipinski definition) is 0. The molecule has 1 fully saturated rings. The average Bonchev–Trinajstić information content (AvgIpc) is 3.04. The molecule has 1 aromatic rings. The molecule has 0 radical (unpaired) electrons. The molecule has 1 aliphatic heterocycles. The van der Waals surface area contributed by atoms with Crippen LogP contribution in [0.3, 0.4) is 0 Å². The first kappa shape index (κ1) is 19.9. The molecule has 0 aromatic carbocycles. The fourth-order valence-corrected chi connectivity index (χ4v) is 3.90. The summed E-state index contributed by atoms with van der Waals surface area (Å²) in [5.74, 6) is 1.47. The molecule has 0 N–H and O–H groups in total. The number of rotatable bonds is 3. The lowest BCUT2D eigenvalue weighted by molar-refractivity contribution is -0.130. The van der Waals surface area contributed by atoms with E-state index in [1.54, 1.807) is 19.0 Å². The third kappa shape index (κ3) is 4.34. The Morgan fingerprint density at radius 1 is 1.19 bits per heavy atom. The van der Waals surface area contributed by atoms with Gasteiger partial charge >= 0.3 is 0 Å². The number of aryl methyl sites for hydroxylation is 1. The number of aromatic nitrogens is 1. The summed E-state index contributed by atoms with van der Waals surface area (Å²) in [6, 6.07) is 0. The molecule has 27 heavy (non-hydrogen) atoms. The van der Waals surface area contributed by atoms with Crippen LogP contribution in [0, 0.1) is 11.3 Å². The van der Waals surface area contributed by atoms with Crippen molar-refractivity contribution < 1.29 is 14.1 Å². The smallest absolute Gasteiger partial charge is 0.276 e. The highest BCUT2D eigenvalue weighted by molar-refractivity contribution is 5.94. The fourth-order valence-electron chi connectivity index (χ4n) is 3.90. The Bertz CT molecular complexity index is 697. The number of carbonyl (C=O) groups is 2. The van der Waals surface area contributed by atoms with Crippen molar-refractivity contribution >= 4 is 11.8 Å². The molecule has 1 atom stereocenters. The van der Waals surface area contributed by atoms with Gasteiger partial charge in [-0.25, -0.2) is 0 Å². The van der Waals surface area contributed by atoms with Gasteiger partial charge in [0.15, 0.2) is 5.69 Å². The van der Waals surface area contributed by atoms with Crippen LogP contribution in [0.1, 0.15) is 49.0 Å². The van der Waals surface area contributed by atoms with E-state index in [0.717, 1.165) is 30.6 Å². The number of fused-ring (bicyclic) bond motifs is 1. The third-order valence-electron chi connectivity index (χ3n) is 5.98. The molecule has 1 unspecified atom stereocenters. The Morgan fingerprint density at radius 3 is 2.44 bits per heavy atom. The fraction of sp³-hybridized carbons (Fsp3) is 0.750. The van der Waals surface area contributed by atoms with Gasteiger partial charge in [0, 0.05) is 52.3 Å². The van der Waals surface area contributed by atoms with Crippen molar-refractivity contribution in [1.29, 1.82) is 0 Å². The lowest BCUT2D eigenvalue weighted by atomic mass is 9.71. The van der Waals surface area contributed by atoms with Gasteiger partial charge in [0.2, 0.25) is 5.91 Å². The molecule has 2 amide bonds. The number of carbonyl (C=O) groups excluding carboxylic acids is 2. The predicted octanol–water partition coefficient (Wildman–Crippen LogP) is 1.67. The first-order chi connectivity index (χ1) is 12.7. The van der Waals surface area contributed by atoms with Crippen LogP contribution < -0.4 is 0 Å². The van der Waals surface area contributed by atoms with Gasteiger partial charge in [-0.2, -0.15) is 0 Å². The van der Waals surface area contributed by atoms with Gasteiger partial charge in [-0.15, -0.1) is 0 Å². The van der Waals surface area contributed by atoms with E-state index in [1.807, 2.05) is 4.90 Å². The molecule has 0 saturated carbocycles. The van der Waals surface area contributed by atoms with Crippen molar-refractivity contribution in [2.45, 2.75) is 40.0 Å². The molecule has 2 heterocycles. The van der Waals surface area contributed by atoms with Gasteiger partial charge < -0.3 is 14.3 Å². The predicted molar refractivity (Wildman–Crippen MR) is 103 cm³/mol. The zero-order chi connectivity index (χ0) is 19.8. The van der Waals surface area contributed by atoms with Crippen LogP contribution in [0.5, 0.6) is 0 Å². The van der Waals surface area contributed by atoms with E-state index < -0.39 is 0 Å². The van der Waals surface area contributed by atoms with E-state index in [2.05, 4.69) is 30.8 Å². The van der Waals surface area contributed by atoms with Crippen molar-refractivity contribution in [3.63, 3.8) is 0 Å². The molecule has 1 aliphatic carbocycles. The van der Waals surface area contributed by atoms with Crippen molar-refractivity contribution in [1.82, 2.24) is 19.9 Å². The van der Waals surface area contributed by atoms with Gasteiger partial charge in [-0.1, -0.05) is 25.9 Å². The van der Waals surface area contributed by atoms with Crippen molar-refractivity contribution in [2.75, 3.05) is 46.8 Å². The van der Waals surface area contributed by atoms with Crippen molar-refractivity contribution in [3.05, 3.63) is 17.0 Å². The maximum atomic E-state index is 13.0. The highest BCUT2D eigenvalue weighted by Crippen LogP contribution is 2.38. The van der Waals surface area contributed by atoms with Crippen LogP contribution in [-0.4, -0.2) is 78.5 Å².